The Morgan fingerprint density at radius 1 is 0.791 bits per heavy atom. The van der Waals surface area contributed by atoms with E-state index in [0.717, 1.165) is 71.4 Å². The van der Waals surface area contributed by atoms with Gasteiger partial charge < -0.3 is 28.5 Å². The van der Waals surface area contributed by atoms with Crippen LogP contribution in [0.25, 0.3) is 0 Å². The summed E-state index contributed by atoms with van der Waals surface area (Å²) < 4.78 is 42.6. The fourth-order valence-corrected chi connectivity index (χ4v) is 7.68. The minimum absolute atomic E-state index is 0. The summed E-state index contributed by atoms with van der Waals surface area (Å²) in [6, 6.07) is 16.6. The number of alkyl carbamates (subject to hydrolysis) is 1. The summed E-state index contributed by atoms with van der Waals surface area (Å²) in [6.07, 6.45) is 10.4. The fourth-order valence-electron chi connectivity index (χ4n) is 7.44. The minimum Gasteiger partial charge on any atom is -1.00 e. The second-order valence-corrected chi connectivity index (χ2v) is 24.3. The van der Waals surface area contributed by atoms with Crippen LogP contribution in [0.2, 0.25) is 0 Å². The van der Waals surface area contributed by atoms with Gasteiger partial charge >= 0.3 is 66.8 Å². The molecule has 2 saturated heterocycles. The SMILES string of the molecule is CC1CCC(=O)N(C(=O)OC(C)(C)C)C1.Cc1ccc(Br)cn1.Cc1ccc(C(=O)CCC(C)CNC(=O)OC(C)(C)C)cn1.Cc1ccc(C2=NCC(C)CC2)cn1.Cc1ccc([C@H]2CC[C@H](C)CN2)cn1.O=CC(F)(F)F.[B].[CH2-]CCC.[H-].[Li+].[Na+]. The number of ether oxygens (including phenoxy) is 2. The molecule has 0 spiro atoms. The number of aromatic nitrogens is 4. The van der Waals surface area contributed by atoms with Gasteiger partial charge in [-0.15, -0.1) is 0 Å². The first-order valence-electron chi connectivity index (χ1n) is 28.7. The van der Waals surface area contributed by atoms with Crippen molar-refractivity contribution in [3.8, 4) is 0 Å². The molecule has 0 aromatic carbocycles. The summed E-state index contributed by atoms with van der Waals surface area (Å²) in [5, 5.41) is 6.29. The number of carbonyl (C=O) groups excluding carboxylic acids is 5. The number of nitrogens with zero attached hydrogens (tertiary/aromatic N) is 6. The average molecular weight is 1270 g/mol. The predicted molar refractivity (Wildman–Crippen MR) is 335 cm³/mol. The number of ketones is 1. The first kappa shape index (κ1) is 85.9. The van der Waals surface area contributed by atoms with Crippen molar-refractivity contribution >= 4 is 60.2 Å². The van der Waals surface area contributed by atoms with Gasteiger partial charge in [0, 0.05) is 116 Å². The minimum atomic E-state index is -4.64. The number of alkyl halides is 3. The molecule has 2 N–H and O–H groups in total. The zero-order chi connectivity index (χ0) is 62.9. The number of Topliss-reactive ketones (excluding diaryl/α,β-unsaturated/α-hetero) is 1. The molecule has 467 valence electrons. The van der Waals surface area contributed by atoms with Crippen LogP contribution in [0, 0.1) is 58.3 Å². The Bertz CT molecular complexity index is 2540. The van der Waals surface area contributed by atoms with Crippen LogP contribution in [0.3, 0.4) is 0 Å². The molecule has 3 aliphatic heterocycles. The summed E-state index contributed by atoms with van der Waals surface area (Å²) in [7, 11) is 0. The van der Waals surface area contributed by atoms with E-state index < -0.39 is 35.9 Å². The number of nitrogens with one attached hydrogen (secondary N) is 2. The van der Waals surface area contributed by atoms with Crippen LogP contribution in [0.15, 0.2) is 82.8 Å². The number of carbonyl (C=O) groups is 5. The Morgan fingerprint density at radius 2 is 1.31 bits per heavy atom. The topological polar surface area (TPSA) is 195 Å². The molecule has 86 heavy (non-hydrogen) atoms. The van der Waals surface area contributed by atoms with Gasteiger partial charge in [0.05, 0.1) is 0 Å². The van der Waals surface area contributed by atoms with Crippen molar-refractivity contribution in [1.29, 1.82) is 0 Å². The molecule has 15 nitrogen and oxygen atoms in total. The Morgan fingerprint density at radius 3 is 1.73 bits per heavy atom. The van der Waals surface area contributed by atoms with Crippen LogP contribution < -0.4 is 59.1 Å². The molecule has 0 bridgehead atoms. The zero-order valence-electron chi connectivity index (χ0n) is 55.6. The smallest absolute Gasteiger partial charge is 1.00 e. The van der Waals surface area contributed by atoms with Gasteiger partial charge in [0.25, 0.3) is 0 Å². The van der Waals surface area contributed by atoms with Crippen LogP contribution in [0.1, 0.15) is 192 Å². The van der Waals surface area contributed by atoms with Gasteiger partial charge in [-0.2, -0.15) is 19.6 Å². The Hall–Kier alpha value is -4.29. The third-order valence-electron chi connectivity index (χ3n) is 12.4. The second kappa shape index (κ2) is 45.0. The normalized spacial score (nSPS) is 17.2. The summed E-state index contributed by atoms with van der Waals surface area (Å²) in [5.41, 5.74) is 7.47. The van der Waals surface area contributed by atoms with E-state index in [1.165, 1.54) is 47.4 Å². The third-order valence-corrected chi connectivity index (χ3v) is 12.9. The molecule has 4 aromatic heterocycles. The summed E-state index contributed by atoms with van der Waals surface area (Å²) in [6.45, 7) is 36.1. The Balaban J connectivity index is -0.000000480. The number of halogens is 4. The number of pyridine rings is 4. The number of rotatable bonds is 9. The van der Waals surface area contributed by atoms with Crippen LogP contribution in [-0.2, 0) is 19.1 Å². The number of hydrogen-bond acceptors (Lipinski definition) is 13. The number of amides is 3. The van der Waals surface area contributed by atoms with E-state index >= 15 is 0 Å². The maximum Gasteiger partial charge on any atom is 1.00 e. The largest absolute Gasteiger partial charge is 1.00 e. The van der Waals surface area contributed by atoms with Gasteiger partial charge in [-0.1, -0.05) is 47.1 Å². The van der Waals surface area contributed by atoms with E-state index in [4.69, 9.17) is 14.3 Å². The number of aryl methyl sites for hydroxylation is 4. The van der Waals surface area contributed by atoms with E-state index in [1.807, 2.05) is 92.9 Å². The number of aliphatic imine (C=N–C) groups is 1. The molecule has 7 heterocycles. The molecule has 3 aliphatic rings. The molecule has 22 heteroatoms. The van der Waals surface area contributed by atoms with Crippen molar-refractivity contribution in [2.75, 3.05) is 26.2 Å². The van der Waals surface area contributed by atoms with E-state index in [1.54, 1.807) is 39.2 Å². The van der Waals surface area contributed by atoms with Crippen molar-refractivity contribution in [3.63, 3.8) is 0 Å². The van der Waals surface area contributed by atoms with Gasteiger partial charge in [0.1, 0.15) is 11.2 Å². The molecule has 7 rings (SSSR count). The molecule has 0 saturated carbocycles. The van der Waals surface area contributed by atoms with E-state index in [9.17, 15) is 32.3 Å². The molecule has 5 atom stereocenters. The molecular formula is C64H96BBrF3LiN8NaO7. The number of unbranched alkanes of at least 4 members (excludes halogenated alkanes) is 1. The predicted octanol–water partition coefficient (Wildman–Crippen LogP) is 9.01. The number of likely N-dealkylation sites (tertiary alicyclic amines) is 1. The van der Waals surface area contributed by atoms with Crippen molar-refractivity contribution in [2.24, 2.45) is 28.7 Å². The van der Waals surface area contributed by atoms with Crippen molar-refractivity contribution in [2.45, 2.75) is 191 Å². The molecular weight excluding hydrogens is 1170 g/mol. The molecule has 4 aromatic rings. The van der Waals surface area contributed by atoms with Gasteiger partial charge in [-0.3, -0.25) is 39.3 Å². The Labute approximate surface area is 558 Å². The molecule has 0 aliphatic carbocycles. The number of hydrogen-bond donors (Lipinski definition) is 2. The second-order valence-electron chi connectivity index (χ2n) is 23.4. The maximum atomic E-state index is 12.0. The van der Waals surface area contributed by atoms with Crippen molar-refractivity contribution in [3.05, 3.63) is 124 Å². The number of imide groups is 1. The third kappa shape index (κ3) is 41.8. The summed E-state index contributed by atoms with van der Waals surface area (Å²) in [4.78, 5) is 78.0. The summed E-state index contributed by atoms with van der Waals surface area (Å²) >= 11 is 3.28. The first-order chi connectivity index (χ1) is 38.7. The van der Waals surface area contributed by atoms with Crippen molar-refractivity contribution in [1.82, 2.24) is 35.5 Å². The number of piperidine rings is 2. The van der Waals surface area contributed by atoms with E-state index in [0.29, 0.717) is 49.9 Å². The monoisotopic (exact) mass is 1270 g/mol. The van der Waals surface area contributed by atoms with Crippen molar-refractivity contribution < 1.29 is 96.5 Å². The quantitative estimate of drug-likeness (QED) is 0.0700. The van der Waals surface area contributed by atoms with Gasteiger partial charge in [-0.25, -0.2) is 14.5 Å². The van der Waals surface area contributed by atoms with Crippen LogP contribution in [-0.4, -0.2) is 113 Å². The van der Waals surface area contributed by atoms with Gasteiger partial charge in [-0.05, 0) is 202 Å². The van der Waals surface area contributed by atoms with E-state index in [-0.39, 0.29) is 75.9 Å². The average Bonchev–Trinajstić information content (AvgIpc) is 3.55. The first-order valence-corrected chi connectivity index (χ1v) is 29.5. The molecule has 3 unspecified atom stereocenters. The summed E-state index contributed by atoms with van der Waals surface area (Å²) in [5.74, 6) is 2.10. The fraction of sp³-hybridized carbons (Fsp3) is 0.578. The maximum absolute atomic E-state index is 12.0. The van der Waals surface area contributed by atoms with Crippen LogP contribution in [0.4, 0.5) is 22.8 Å². The van der Waals surface area contributed by atoms with Crippen LogP contribution >= 0.6 is 15.9 Å². The Kier molecular flexibility index (Phi) is 45.0. The molecule has 3 amide bonds. The number of aldehydes is 1. The van der Waals surface area contributed by atoms with Gasteiger partial charge in [0.15, 0.2) is 5.78 Å². The molecule has 3 radical (unpaired) electrons. The standard InChI is InChI=1S/C17H26N2O3.C12H18N2.C12H16N2.C11H19NO3.C6H6BrN.C4H9.C2HF3O.B.Li.Na.H/c1-12(10-19-16(21)22-17(3,4)5)6-9-15(20)14-8-7-13(2)18-11-14;2*1-9-3-6-12(14-7-9)11-5-4-10(2)13-8-11;1-8-5-6-9(13)12(7-8)10(14)15-11(2,3)4;1-5-2-3-6(7)4-8-5;1-3-4-2;3-2(4,5)1-6;;;;/h7-8,11-12H,6,9-10H2,1-5H3,(H,19,21);4-5,8-9,12,14H,3,6-7H2,1-2H3;4-5,8-9H,3,6-7H2,1-2H3;8H,5-7H2,1-4H3;2-4H,1H3;1,3-4H2,2H3;1H;;;;/q;;;;;-1;;;2*+1;-1/t;9-,12+;;;;;;;;;/m.0........./s1. The van der Waals surface area contributed by atoms with Gasteiger partial charge in [0.2, 0.25) is 12.2 Å². The van der Waals surface area contributed by atoms with Crippen LogP contribution in [0.5, 0.6) is 0 Å². The molecule has 2 fully saturated rings. The van der Waals surface area contributed by atoms with E-state index in [2.05, 4.69) is 103 Å². The zero-order valence-corrected chi connectivity index (χ0v) is 58.2.